The second-order valence-corrected chi connectivity index (χ2v) is 5.39. The number of hydrogen-bond donors (Lipinski definition) is 1. The van der Waals surface area contributed by atoms with Crippen LogP contribution >= 0.6 is 0 Å². The van der Waals surface area contributed by atoms with Gasteiger partial charge in [-0.3, -0.25) is 10.1 Å². The summed E-state index contributed by atoms with van der Waals surface area (Å²) in [5.41, 5.74) is -0.407. The Morgan fingerprint density at radius 1 is 1.43 bits per heavy atom. The van der Waals surface area contributed by atoms with E-state index in [-0.39, 0.29) is 23.0 Å². The molecule has 1 aliphatic carbocycles. The van der Waals surface area contributed by atoms with Crippen LogP contribution < -0.4 is 9.47 Å². The molecule has 116 valence electrons. The SMILES string of the molecule is CCC1(CC)C(O)CC1Oc1cc(OC)ccc1[N+](=O)[O-]. The maximum atomic E-state index is 11.1. The van der Waals surface area contributed by atoms with E-state index in [2.05, 4.69) is 0 Å². The topological polar surface area (TPSA) is 81.8 Å². The minimum absolute atomic E-state index is 0.0849. The summed E-state index contributed by atoms with van der Waals surface area (Å²) in [7, 11) is 1.50. The van der Waals surface area contributed by atoms with E-state index in [0.717, 1.165) is 12.8 Å². The van der Waals surface area contributed by atoms with Crippen LogP contribution in [0.15, 0.2) is 18.2 Å². The zero-order valence-electron chi connectivity index (χ0n) is 12.5. The first-order chi connectivity index (χ1) is 9.98. The Hall–Kier alpha value is -1.82. The van der Waals surface area contributed by atoms with E-state index in [0.29, 0.717) is 12.2 Å². The second-order valence-electron chi connectivity index (χ2n) is 5.39. The molecule has 21 heavy (non-hydrogen) atoms. The first kappa shape index (κ1) is 15.6. The van der Waals surface area contributed by atoms with Gasteiger partial charge < -0.3 is 14.6 Å². The third kappa shape index (κ3) is 2.55. The lowest BCUT2D eigenvalue weighted by molar-refractivity contribution is -0.386. The van der Waals surface area contributed by atoms with E-state index in [1.165, 1.54) is 25.3 Å². The molecule has 1 saturated carbocycles. The van der Waals surface area contributed by atoms with E-state index in [1.54, 1.807) is 0 Å². The fourth-order valence-corrected chi connectivity index (χ4v) is 3.09. The number of methoxy groups -OCH3 is 1. The number of rotatable bonds is 6. The summed E-state index contributed by atoms with van der Waals surface area (Å²) in [6, 6.07) is 4.44. The van der Waals surface area contributed by atoms with Crippen LogP contribution in [0.1, 0.15) is 33.1 Å². The number of nitro groups is 1. The van der Waals surface area contributed by atoms with Crippen molar-refractivity contribution < 1.29 is 19.5 Å². The third-order valence-electron chi connectivity index (χ3n) is 4.69. The van der Waals surface area contributed by atoms with Crippen molar-refractivity contribution in [2.24, 2.45) is 5.41 Å². The van der Waals surface area contributed by atoms with Crippen LogP contribution in [-0.4, -0.2) is 29.3 Å². The first-order valence-corrected chi connectivity index (χ1v) is 7.15. The van der Waals surface area contributed by atoms with Crippen LogP contribution in [0.3, 0.4) is 0 Å². The summed E-state index contributed by atoms with van der Waals surface area (Å²) < 4.78 is 11.0. The number of ether oxygens (including phenoxy) is 2. The van der Waals surface area contributed by atoms with Crippen molar-refractivity contribution in [2.45, 2.75) is 45.3 Å². The lowest BCUT2D eigenvalue weighted by Crippen LogP contribution is -2.59. The highest BCUT2D eigenvalue weighted by Crippen LogP contribution is 2.50. The third-order valence-corrected chi connectivity index (χ3v) is 4.69. The van der Waals surface area contributed by atoms with E-state index < -0.39 is 11.0 Å². The molecule has 0 aromatic heterocycles. The number of aliphatic hydroxyl groups is 1. The predicted molar refractivity (Wildman–Crippen MR) is 77.7 cm³/mol. The molecule has 6 heteroatoms. The van der Waals surface area contributed by atoms with Crippen LogP contribution in [-0.2, 0) is 0 Å². The number of benzene rings is 1. The minimum atomic E-state index is -0.469. The van der Waals surface area contributed by atoms with E-state index >= 15 is 0 Å². The summed E-state index contributed by atoms with van der Waals surface area (Å²) >= 11 is 0. The van der Waals surface area contributed by atoms with Crippen LogP contribution in [0.2, 0.25) is 0 Å². The van der Waals surface area contributed by atoms with Gasteiger partial charge in [0.25, 0.3) is 0 Å². The van der Waals surface area contributed by atoms with Gasteiger partial charge in [-0.2, -0.15) is 0 Å². The summed E-state index contributed by atoms with van der Waals surface area (Å²) in [5, 5.41) is 21.2. The Morgan fingerprint density at radius 3 is 2.57 bits per heavy atom. The lowest BCUT2D eigenvalue weighted by Gasteiger charge is -2.52. The average Bonchev–Trinajstić information content (AvgIpc) is 2.47. The second kappa shape index (κ2) is 5.89. The number of aliphatic hydroxyl groups excluding tert-OH is 1. The van der Waals surface area contributed by atoms with Crippen molar-refractivity contribution in [1.82, 2.24) is 0 Å². The van der Waals surface area contributed by atoms with Crippen molar-refractivity contribution >= 4 is 5.69 Å². The van der Waals surface area contributed by atoms with Gasteiger partial charge in [0.05, 0.1) is 18.1 Å². The normalized spacial score (nSPS) is 23.2. The molecular formula is C15H21NO5. The molecule has 1 aromatic carbocycles. The lowest BCUT2D eigenvalue weighted by atomic mass is 9.60. The zero-order chi connectivity index (χ0) is 15.6. The van der Waals surface area contributed by atoms with Crippen LogP contribution in [0.5, 0.6) is 11.5 Å². The van der Waals surface area contributed by atoms with Crippen molar-refractivity contribution in [3.63, 3.8) is 0 Å². The molecule has 0 spiro atoms. The molecule has 0 amide bonds. The van der Waals surface area contributed by atoms with Crippen molar-refractivity contribution in [3.05, 3.63) is 28.3 Å². The molecule has 0 heterocycles. The molecule has 0 saturated heterocycles. The highest BCUT2D eigenvalue weighted by molar-refractivity contribution is 5.50. The van der Waals surface area contributed by atoms with Gasteiger partial charge in [-0.25, -0.2) is 0 Å². The largest absolute Gasteiger partial charge is 0.497 e. The molecule has 1 aromatic rings. The fourth-order valence-electron chi connectivity index (χ4n) is 3.09. The molecule has 0 radical (unpaired) electrons. The quantitative estimate of drug-likeness (QED) is 0.644. The number of nitro benzene ring substituents is 1. The van der Waals surface area contributed by atoms with E-state index in [4.69, 9.17) is 9.47 Å². The highest BCUT2D eigenvalue weighted by atomic mass is 16.6. The molecule has 2 rings (SSSR count). The molecule has 1 N–H and O–H groups in total. The van der Waals surface area contributed by atoms with Gasteiger partial charge in [-0.15, -0.1) is 0 Å². The van der Waals surface area contributed by atoms with Gasteiger partial charge in [0.15, 0.2) is 0 Å². The standard InChI is InChI=1S/C15H21NO5/c1-4-15(5-2)13(17)9-14(15)21-12-8-10(20-3)6-7-11(12)16(18)19/h6-8,13-14,17H,4-5,9H2,1-3H3. The smallest absolute Gasteiger partial charge is 0.311 e. The Balaban J connectivity index is 2.29. The molecule has 1 aliphatic rings. The van der Waals surface area contributed by atoms with Crippen LogP contribution in [0.4, 0.5) is 5.69 Å². The molecule has 2 atom stereocenters. The predicted octanol–water partition coefficient (Wildman–Crippen LogP) is 2.92. The summed E-state index contributed by atoms with van der Waals surface area (Å²) in [6.45, 7) is 4.00. The molecule has 2 unspecified atom stereocenters. The number of nitrogens with zero attached hydrogens (tertiary/aromatic N) is 1. The van der Waals surface area contributed by atoms with Gasteiger partial charge in [-0.05, 0) is 18.9 Å². The van der Waals surface area contributed by atoms with Gasteiger partial charge in [0, 0.05) is 24.0 Å². The average molecular weight is 295 g/mol. The molecular weight excluding hydrogens is 274 g/mol. The monoisotopic (exact) mass is 295 g/mol. The highest BCUT2D eigenvalue weighted by Gasteiger charge is 2.54. The van der Waals surface area contributed by atoms with Crippen molar-refractivity contribution in [2.75, 3.05) is 7.11 Å². The van der Waals surface area contributed by atoms with Gasteiger partial charge in [0.2, 0.25) is 5.75 Å². The summed E-state index contributed by atoms with van der Waals surface area (Å²) in [4.78, 5) is 10.6. The van der Waals surface area contributed by atoms with E-state index in [9.17, 15) is 15.2 Å². The Labute approximate surface area is 123 Å². The fraction of sp³-hybridized carbons (Fsp3) is 0.600. The molecule has 1 fully saturated rings. The van der Waals surface area contributed by atoms with Crippen molar-refractivity contribution in [3.8, 4) is 11.5 Å². The van der Waals surface area contributed by atoms with Gasteiger partial charge in [0.1, 0.15) is 11.9 Å². The van der Waals surface area contributed by atoms with Crippen LogP contribution in [0, 0.1) is 15.5 Å². The Bertz CT molecular complexity index is 527. The van der Waals surface area contributed by atoms with Gasteiger partial charge >= 0.3 is 5.69 Å². The summed E-state index contributed by atoms with van der Waals surface area (Å²) in [5.74, 6) is 0.705. The Kier molecular flexibility index (Phi) is 4.37. The number of hydrogen-bond acceptors (Lipinski definition) is 5. The maximum absolute atomic E-state index is 11.1. The van der Waals surface area contributed by atoms with Gasteiger partial charge in [-0.1, -0.05) is 13.8 Å². The molecule has 6 nitrogen and oxygen atoms in total. The Morgan fingerprint density at radius 2 is 2.10 bits per heavy atom. The summed E-state index contributed by atoms with van der Waals surface area (Å²) in [6.07, 6.45) is 1.41. The van der Waals surface area contributed by atoms with E-state index in [1.807, 2.05) is 13.8 Å². The minimum Gasteiger partial charge on any atom is -0.497 e. The molecule has 0 aliphatic heterocycles. The first-order valence-electron chi connectivity index (χ1n) is 7.15. The van der Waals surface area contributed by atoms with Crippen molar-refractivity contribution in [1.29, 1.82) is 0 Å². The molecule has 0 bridgehead atoms. The van der Waals surface area contributed by atoms with Crippen LogP contribution in [0.25, 0.3) is 0 Å². The maximum Gasteiger partial charge on any atom is 0.311 e. The zero-order valence-corrected chi connectivity index (χ0v) is 12.5.